The van der Waals surface area contributed by atoms with Crippen molar-refractivity contribution >= 4 is 5.91 Å². The van der Waals surface area contributed by atoms with Gasteiger partial charge in [-0.15, -0.1) is 0 Å². The van der Waals surface area contributed by atoms with Crippen LogP contribution in [0, 0.1) is 0 Å². The van der Waals surface area contributed by atoms with Crippen molar-refractivity contribution in [3.05, 3.63) is 71.8 Å². The van der Waals surface area contributed by atoms with Gasteiger partial charge in [-0.1, -0.05) is 60.7 Å². The van der Waals surface area contributed by atoms with Crippen LogP contribution in [-0.4, -0.2) is 28.8 Å². The lowest BCUT2D eigenvalue weighted by atomic mass is 9.70. The third-order valence-electron chi connectivity index (χ3n) is 3.52. The summed E-state index contributed by atoms with van der Waals surface area (Å²) < 4.78 is 0. The van der Waals surface area contributed by atoms with E-state index in [1.807, 2.05) is 12.1 Å². The highest BCUT2D eigenvalue weighted by Gasteiger charge is 2.46. The zero-order valence-electron chi connectivity index (χ0n) is 10.9. The van der Waals surface area contributed by atoms with Gasteiger partial charge in [0.05, 0.1) is 12.7 Å². The summed E-state index contributed by atoms with van der Waals surface area (Å²) in [6.07, 6.45) is -1.32. The topological polar surface area (TPSA) is 83.6 Å². The van der Waals surface area contributed by atoms with E-state index in [2.05, 4.69) is 0 Å². The number of rotatable bonds is 5. The Kier molecular flexibility index (Phi) is 4.17. The quantitative estimate of drug-likeness (QED) is 0.752. The molecule has 0 aliphatic carbocycles. The Labute approximate surface area is 117 Å². The lowest BCUT2D eigenvalue weighted by molar-refractivity contribution is -0.127. The zero-order chi connectivity index (χ0) is 14.6. The van der Waals surface area contributed by atoms with Crippen molar-refractivity contribution in [3.63, 3.8) is 0 Å². The number of primary amides is 1. The van der Waals surface area contributed by atoms with Gasteiger partial charge in [-0.2, -0.15) is 0 Å². The van der Waals surface area contributed by atoms with E-state index in [0.717, 1.165) is 0 Å². The van der Waals surface area contributed by atoms with Gasteiger partial charge in [-0.3, -0.25) is 4.79 Å². The summed E-state index contributed by atoms with van der Waals surface area (Å²) in [5, 5.41) is 19.7. The van der Waals surface area contributed by atoms with Crippen LogP contribution >= 0.6 is 0 Å². The van der Waals surface area contributed by atoms with Gasteiger partial charge in [-0.05, 0) is 11.1 Å². The fourth-order valence-electron chi connectivity index (χ4n) is 2.54. The molecule has 0 aromatic heterocycles. The van der Waals surface area contributed by atoms with Crippen LogP contribution in [0.2, 0.25) is 0 Å². The van der Waals surface area contributed by atoms with Crippen molar-refractivity contribution < 1.29 is 15.0 Å². The highest BCUT2D eigenvalue weighted by atomic mass is 16.3. The highest BCUT2D eigenvalue weighted by molar-refractivity contribution is 5.91. The Morgan fingerprint density at radius 2 is 1.40 bits per heavy atom. The third kappa shape index (κ3) is 2.19. The number of aliphatic hydroxyl groups is 2. The van der Waals surface area contributed by atoms with Crippen LogP contribution in [0.4, 0.5) is 0 Å². The number of amides is 1. The molecule has 2 aromatic rings. The molecule has 0 saturated carbocycles. The minimum atomic E-state index is -1.46. The molecule has 2 aromatic carbocycles. The van der Waals surface area contributed by atoms with Crippen molar-refractivity contribution in [3.8, 4) is 0 Å². The van der Waals surface area contributed by atoms with E-state index in [-0.39, 0.29) is 0 Å². The Morgan fingerprint density at radius 3 is 1.70 bits per heavy atom. The molecule has 1 unspecified atom stereocenters. The van der Waals surface area contributed by atoms with Gasteiger partial charge in [0.25, 0.3) is 0 Å². The number of aliphatic hydroxyl groups excluding tert-OH is 2. The largest absolute Gasteiger partial charge is 0.394 e. The first-order valence-corrected chi connectivity index (χ1v) is 6.34. The molecule has 0 spiro atoms. The molecule has 0 aliphatic heterocycles. The standard InChI is InChI=1S/C16H17NO3/c17-15(20)16(14(19)11-18,12-7-3-1-4-8-12)13-9-5-2-6-10-13/h1-10,14,18-19H,11H2,(H2,17,20). The molecule has 4 N–H and O–H groups in total. The number of carbonyl (C=O) groups is 1. The van der Waals surface area contributed by atoms with E-state index in [4.69, 9.17) is 5.73 Å². The zero-order valence-corrected chi connectivity index (χ0v) is 10.9. The maximum atomic E-state index is 12.2. The summed E-state index contributed by atoms with van der Waals surface area (Å²) in [5.74, 6) is -0.698. The molecule has 104 valence electrons. The second-order valence-corrected chi connectivity index (χ2v) is 4.60. The Hall–Kier alpha value is -2.17. The maximum absolute atomic E-state index is 12.2. The van der Waals surface area contributed by atoms with Gasteiger partial charge < -0.3 is 15.9 Å². The molecular formula is C16H17NO3. The fourth-order valence-corrected chi connectivity index (χ4v) is 2.54. The van der Waals surface area contributed by atoms with Crippen molar-refractivity contribution in [1.82, 2.24) is 0 Å². The van der Waals surface area contributed by atoms with Crippen LogP contribution in [0.25, 0.3) is 0 Å². The average Bonchev–Trinajstić information content (AvgIpc) is 2.49. The molecule has 4 heteroatoms. The van der Waals surface area contributed by atoms with Crippen LogP contribution in [0.5, 0.6) is 0 Å². The second-order valence-electron chi connectivity index (χ2n) is 4.60. The first-order chi connectivity index (χ1) is 9.64. The van der Waals surface area contributed by atoms with Crippen molar-refractivity contribution in [2.75, 3.05) is 6.61 Å². The van der Waals surface area contributed by atoms with E-state index in [1.165, 1.54) is 0 Å². The van der Waals surface area contributed by atoms with Gasteiger partial charge in [-0.25, -0.2) is 0 Å². The van der Waals surface area contributed by atoms with Gasteiger partial charge >= 0.3 is 0 Å². The van der Waals surface area contributed by atoms with Crippen LogP contribution in [-0.2, 0) is 10.2 Å². The number of hydrogen-bond donors (Lipinski definition) is 3. The normalized spacial score (nSPS) is 12.9. The number of hydrogen-bond acceptors (Lipinski definition) is 3. The van der Waals surface area contributed by atoms with E-state index in [9.17, 15) is 15.0 Å². The summed E-state index contributed by atoms with van der Waals surface area (Å²) in [5.41, 5.74) is 5.25. The van der Waals surface area contributed by atoms with Crippen LogP contribution in [0.15, 0.2) is 60.7 Å². The Bertz CT molecular complexity index is 529. The highest BCUT2D eigenvalue weighted by Crippen LogP contribution is 2.35. The van der Waals surface area contributed by atoms with Gasteiger partial charge in [0.15, 0.2) is 0 Å². The first kappa shape index (κ1) is 14.2. The molecule has 2 rings (SSSR count). The van der Waals surface area contributed by atoms with Crippen molar-refractivity contribution in [2.45, 2.75) is 11.5 Å². The molecule has 20 heavy (non-hydrogen) atoms. The molecule has 0 heterocycles. The van der Waals surface area contributed by atoms with Gasteiger partial charge in [0.1, 0.15) is 5.41 Å². The van der Waals surface area contributed by atoms with E-state index in [1.54, 1.807) is 48.5 Å². The van der Waals surface area contributed by atoms with Gasteiger partial charge in [0, 0.05) is 0 Å². The molecule has 0 saturated heterocycles. The molecule has 0 radical (unpaired) electrons. The van der Waals surface area contributed by atoms with Crippen molar-refractivity contribution in [1.29, 1.82) is 0 Å². The van der Waals surface area contributed by atoms with E-state index < -0.39 is 24.0 Å². The number of benzene rings is 2. The third-order valence-corrected chi connectivity index (χ3v) is 3.52. The molecule has 0 fully saturated rings. The molecule has 4 nitrogen and oxygen atoms in total. The molecule has 0 aliphatic rings. The smallest absolute Gasteiger partial charge is 0.235 e. The van der Waals surface area contributed by atoms with Crippen molar-refractivity contribution in [2.24, 2.45) is 5.73 Å². The van der Waals surface area contributed by atoms with Crippen LogP contribution < -0.4 is 5.73 Å². The lowest BCUT2D eigenvalue weighted by Crippen LogP contribution is -2.52. The first-order valence-electron chi connectivity index (χ1n) is 6.34. The minimum absolute atomic E-state index is 0.556. The molecule has 1 atom stereocenters. The van der Waals surface area contributed by atoms with Crippen LogP contribution in [0.3, 0.4) is 0 Å². The Morgan fingerprint density at radius 1 is 1.00 bits per heavy atom. The monoisotopic (exact) mass is 271 g/mol. The van der Waals surface area contributed by atoms with Crippen LogP contribution in [0.1, 0.15) is 11.1 Å². The molecular weight excluding hydrogens is 254 g/mol. The van der Waals surface area contributed by atoms with E-state index >= 15 is 0 Å². The minimum Gasteiger partial charge on any atom is -0.394 e. The summed E-state index contributed by atoms with van der Waals surface area (Å²) in [6, 6.07) is 17.6. The SMILES string of the molecule is NC(=O)C(c1ccccc1)(c1ccccc1)C(O)CO. The van der Waals surface area contributed by atoms with Gasteiger partial charge in [0.2, 0.25) is 5.91 Å². The number of carbonyl (C=O) groups excluding carboxylic acids is 1. The predicted octanol–water partition coefficient (Wildman–Crippen LogP) is 0.811. The summed E-state index contributed by atoms with van der Waals surface area (Å²) in [6.45, 7) is -0.563. The van der Waals surface area contributed by atoms with E-state index in [0.29, 0.717) is 11.1 Å². The number of nitrogens with two attached hydrogens (primary N) is 1. The lowest BCUT2D eigenvalue weighted by Gasteiger charge is -2.35. The Balaban J connectivity index is 2.73. The molecule has 0 bridgehead atoms. The summed E-state index contributed by atoms with van der Waals surface area (Å²) in [7, 11) is 0. The fraction of sp³-hybridized carbons (Fsp3) is 0.188. The molecule has 1 amide bonds. The predicted molar refractivity (Wildman–Crippen MR) is 76.0 cm³/mol. The second kappa shape index (κ2) is 5.86. The average molecular weight is 271 g/mol. The maximum Gasteiger partial charge on any atom is 0.235 e. The summed E-state index contributed by atoms with van der Waals surface area (Å²) >= 11 is 0. The summed E-state index contributed by atoms with van der Waals surface area (Å²) in [4.78, 5) is 12.2.